The van der Waals surface area contributed by atoms with Crippen molar-refractivity contribution in [3.05, 3.63) is 35.6 Å². The van der Waals surface area contributed by atoms with Gasteiger partial charge in [0.2, 0.25) is 0 Å². The Hall–Kier alpha value is -0.633. The number of hydrogen-bond donors (Lipinski definition) is 0. The molecule has 51 valence electrons. The van der Waals surface area contributed by atoms with Gasteiger partial charge in [0.1, 0.15) is 5.82 Å². The molecule has 0 spiro atoms. The topological polar surface area (TPSA) is 0 Å². The zero-order chi connectivity index (χ0) is 7.56. The molecule has 0 aliphatic heterocycles. The van der Waals surface area contributed by atoms with Gasteiger partial charge in [0.15, 0.2) is 0 Å². The molecule has 3 radical (unpaired) electrons. The van der Waals surface area contributed by atoms with E-state index in [0.29, 0.717) is 5.56 Å². The van der Waals surface area contributed by atoms with Crippen molar-refractivity contribution < 1.29 is 4.39 Å². The first-order valence-corrected chi connectivity index (χ1v) is 3.75. The average Bonchev–Trinajstić information content (AvgIpc) is 1.88. The Labute approximate surface area is 63.5 Å². The number of rotatable bonds is 1. The van der Waals surface area contributed by atoms with Crippen LogP contribution in [0.5, 0.6) is 0 Å². The van der Waals surface area contributed by atoms with Crippen LogP contribution in [-0.4, -0.2) is 10.2 Å². The van der Waals surface area contributed by atoms with E-state index in [1.165, 1.54) is 6.07 Å². The van der Waals surface area contributed by atoms with Crippen molar-refractivity contribution in [3.8, 4) is 0 Å². The summed E-state index contributed by atoms with van der Waals surface area (Å²) >= 11 is 0. The summed E-state index contributed by atoms with van der Waals surface area (Å²) in [6.45, 7) is 1.90. The Morgan fingerprint density at radius 1 is 1.40 bits per heavy atom. The molecule has 0 aliphatic rings. The molecule has 10 heavy (non-hydrogen) atoms. The molecular weight excluding hydrogens is 143 g/mol. The lowest BCUT2D eigenvalue weighted by atomic mass is 10.1. The summed E-state index contributed by atoms with van der Waals surface area (Å²) in [7, 11) is 3.34. The third kappa shape index (κ3) is 1.45. The van der Waals surface area contributed by atoms with Crippen molar-refractivity contribution >= 4 is 10.2 Å². The summed E-state index contributed by atoms with van der Waals surface area (Å²) in [5.74, 6) is -0.148. The summed E-state index contributed by atoms with van der Waals surface area (Å²) in [5, 5.41) is 0. The Morgan fingerprint density at radius 3 is 2.40 bits per heavy atom. The lowest BCUT2D eigenvalue weighted by molar-refractivity contribution is 0.610. The molecule has 2 heteroatoms. The molecule has 0 heterocycles. The quantitative estimate of drug-likeness (QED) is 0.539. The molecule has 0 amide bonds. The van der Waals surface area contributed by atoms with Crippen LogP contribution < -0.4 is 0 Å². The Kier molecular flexibility index (Phi) is 2.22. The molecular formula is C8H8FSi. The smallest absolute Gasteiger partial charge is 0.126 e. The van der Waals surface area contributed by atoms with Crippen molar-refractivity contribution in [2.45, 2.75) is 12.5 Å². The van der Waals surface area contributed by atoms with Gasteiger partial charge in [-0.1, -0.05) is 25.1 Å². The van der Waals surface area contributed by atoms with E-state index in [2.05, 4.69) is 10.2 Å². The summed E-state index contributed by atoms with van der Waals surface area (Å²) in [4.78, 5) is 0. The van der Waals surface area contributed by atoms with Crippen LogP contribution >= 0.6 is 0 Å². The average molecular weight is 151 g/mol. The van der Waals surface area contributed by atoms with Crippen LogP contribution in [0, 0.1) is 5.82 Å². The van der Waals surface area contributed by atoms with Gasteiger partial charge in [0.05, 0.1) is 0 Å². The van der Waals surface area contributed by atoms with Crippen molar-refractivity contribution in [2.75, 3.05) is 0 Å². The normalized spacial score (nSPS) is 13.1. The second-order valence-electron chi connectivity index (χ2n) is 2.24. The van der Waals surface area contributed by atoms with Gasteiger partial charge in [-0.2, -0.15) is 0 Å². The Morgan fingerprint density at radius 2 is 2.00 bits per heavy atom. The van der Waals surface area contributed by atoms with Crippen LogP contribution in [0.1, 0.15) is 18.0 Å². The van der Waals surface area contributed by atoms with E-state index in [0.717, 1.165) is 0 Å². The van der Waals surface area contributed by atoms with E-state index >= 15 is 0 Å². The second kappa shape index (κ2) is 2.97. The zero-order valence-electron chi connectivity index (χ0n) is 5.76. The number of halogens is 1. The second-order valence-corrected chi connectivity index (χ2v) is 3.11. The fourth-order valence-corrected chi connectivity index (χ4v) is 1.06. The zero-order valence-corrected chi connectivity index (χ0v) is 6.76. The van der Waals surface area contributed by atoms with Crippen LogP contribution in [0.4, 0.5) is 4.39 Å². The molecule has 1 aromatic carbocycles. The van der Waals surface area contributed by atoms with Crippen LogP contribution in [0.25, 0.3) is 0 Å². The predicted octanol–water partition coefficient (Wildman–Crippen LogP) is 2.06. The Balaban J connectivity index is 3.03. The van der Waals surface area contributed by atoms with Crippen molar-refractivity contribution in [3.63, 3.8) is 0 Å². The van der Waals surface area contributed by atoms with Gasteiger partial charge in [0.25, 0.3) is 0 Å². The molecule has 0 aliphatic carbocycles. The lowest BCUT2D eigenvalue weighted by Crippen LogP contribution is -1.94. The highest BCUT2D eigenvalue weighted by atomic mass is 28.1. The van der Waals surface area contributed by atoms with Gasteiger partial charge in [-0.3, -0.25) is 0 Å². The molecule has 0 saturated heterocycles. The summed E-state index contributed by atoms with van der Waals surface area (Å²) in [6, 6.07) is 6.75. The highest BCUT2D eigenvalue weighted by Crippen LogP contribution is 2.14. The van der Waals surface area contributed by atoms with Crippen LogP contribution in [0.2, 0.25) is 0 Å². The first kappa shape index (κ1) is 7.47. The first-order valence-electron chi connectivity index (χ1n) is 3.17. The molecule has 0 N–H and O–H groups in total. The van der Waals surface area contributed by atoms with E-state index in [9.17, 15) is 4.39 Å². The minimum absolute atomic E-state index is 0.0844. The highest BCUT2D eigenvalue weighted by Gasteiger charge is 2.02. The Bertz CT molecular complexity index is 220. The van der Waals surface area contributed by atoms with Crippen LogP contribution in [0.3, 0.4) is 0 Å². The monoisotopic (exact) mass is 151 g/mol. The molecule has 0 fully saturated rings. The molecule has 0 aromatic heterocycles. The van der Waals surface area contributed by atoms with Crippen LogP contribution in [-0.2, 0) is 0 Å². The molecule has 0 bridgehead atoms. The minimum atomic E-state index is -0.148. The highest BCUT2D eigenvalue weighted by molar-refractivity contribution is 6.12. The summed E-state index contributed by atoms with van der Waals surface area (Å²) < 4.78 is 12.8. The third-order valence-electron chi connectivity index (χ3n) is 1.37. The lowest BCUT2D eigenvalue weighted by Gasteiger charge is -2.04. The molecule has 0 saturated carbocycles. The fourth-order valence-electron chi connectivity index (χ4n) is 0.826. The van der Waals surface area contributed by atoms with Crippen molar-refractivity contribution in [2.24, 2.45) is 0 Å². The van der Waals surface area contributed by atoms with E-state index in [4.69, 9.17) is 0 Å². The predicted molar refractivity (Wildman–Crippen MR) is 40.6 cm³/mol. The van der Waals surface area contributed by atoms with E-state index in [-0.39, 0.29) is 11.4 Å². The van der Waals surface area contributed by atoms with Crippen LogP contribution in [0.15, 0.2) is 24.3 Å². The van der Waals surface area contributed by atoms with Gasteiger partial charge < -0.3 is 0 Å². The van der Waals surface area contributed by atoms with Gasteiger partial charge in [-0.05, 0) is 17.2 Å². The van der Waals surface area contributed by atoms with E-state index in [1.54, 1.807) is 12.1 Å². The minimum Gasteiger partial charge on any atom is -0.207 e. The number of benzene rings is 1. The van der Waals surface area contributed by atoms with Gasteiger partial charge in [0, 0.05) is 10.2 Å². The van der Waals surface area contributed by atoms with Crippen molar-refractivity contribution in [1.82, 2.24) is 0 Å². The maximum Gasteiger partial charge on any atom is 0.126 e. The van der Waals surface area contributed by atoms with E-state index < -0.39 is 0 Å². The molecule has 1 rings (SSSR count). The molecule has 1 unspecified atom stereocenters. The standard InChI is InChI=1S/C8H8FSi/c1-6(10)7-4-2-3-5-8(7)9/h2-6H,1H3. The molecule has 0 nitrogen and oxygen atoms in total. The first-order chi connectivity index (χ1) is 4.72. The molecule has 1 atom stereocenters. The SMILES string of the molecule is CC([Si])c1ccccc1F. The van der Waals surface area contributed by atoms with Crippen molar-refractivity contribution in [1.29, 1.82) is 0 Å². The summed E-state index contributed by atoms with van der Waals surface area (Å²) in [5.41, 5.74) is 0.792. The van der Waals surface area contributed by atoms with E-state index in [1.807, 2.05) is 13.0 Å². The number of hydrogen-bond acceptors (Lipinski definition) is 0. The third-order valence-corrected chi connectivity index (χ3v) is 1.68. The molecule has 1 aromatic rings. The summed E-state index contributed by atoms with van der Waals surface area (Å²) in [6.07, 6.45) is 0. The maximum atomic E-state index is 12.8. The fraction of sp³-hybridized carbons (Fsp3) is 0.250. The van der Waals surface area contributed by atoms with Gasteiger partial charge in [-0.25, -0.2) is 4.39 Å². The van der Waals surface area contributed by atoms with Gasteiger partial charge >= 0.3 is 0 Å². The van der Waals surface area contributed by atoms with Gasteiger partial charge in [-0.15, -0.1) is 0 Å². The largest absolute Gasteiger partial charge is 0.207 e. The maximum absolute atomic E-state index is 12.8.